The summed E-state index contributed by atoms with van der Waals surface area (Å²) in [7, 11) is 1.68. The lowest BCUT2D eigenvalue weighted by molar-refractivity contribution is 0.412. The Balaban J connectivity index is 2.39. The van der Waals surface area contributed by atoms with Crippen LogP contribution in [0.4, 0.5) is 5.69 Å². The van der Waals surface area contributed by atoms with Crippen molar-refractivity contribution in [1.82, 2.24) is 0 Å². The summed E-state index contributed by atoms with van der Waals surface area (Å²) in [5.74, 6) is 0.871. The van der Waals surface area contributed by atoms with Crippen LogP contribution in [-0.2, 0) is 0 Å². The second-order valence-corrected chi connectivity index (χ2v) is 5.60. The molecule has 102 valence electrons. The molecule has 0 amide bonds. The highest BCUT2D eigenvalue weighted by Gasteiger charge is 2.04. The fourth-order valence-corrected chi connectivity index (χ4v) is 2.53. The summed E-state index contributed by atoms with van der Waals surface area (Å²) < 4.78 is 6.22. The third-order valence-corrected chi connectivity index (χ3v) is 3.68. The van der Waals surface area contributed by atoms with Crippen LogP contribution < -0.4 is 10.1 Å². The molecule has 0 aliphatic rings. The van der Waals surface area contributed by atoms with Crippen LogP contribution in [0.25, 0.3) is 0 Å². The molecule has 2 nitrogen and oxygen atoms in total. The lowest BCUT2D eigenvalue weighted by Gasteiger charge is -2.16. The zero-order chi connectivity index (χ0) is 13.4. The lowest BCUT2D eigenvalue weighted by Crippen LogP contribution is -2.14. The van der Waals surface area contributed by atoms with E-state index in [4.69, 9.17) is 4.74 Å². The average Bonchev–Trinajstić information content (AvgIpc) is 2.35. The molecule has 0 aromatic heterocycles. The fraction of sp³-hybridized carbons (Fsp3) is 0.600. The van der Waals surface area contributed by atoms with Gasteiger partial charge in [-0.15, -0.1) is 0 Å². The first-order valence-electron chi connectivity index (χ1n) is 6.77. The van der Waals surface area contributed by atoms with E-state index in [-0.39, 0.29) is 0 Å². The van der Waals surface area contributed by atoms with Gasteiger partial charge in [-0.1, -0.05) is 32.6 Å². The molecular formula is C15H24BrNO. The Morgan fingerprint density at radius 1 is 1.28 bits per heavy atom. The number of unbranched alkanes of at least 4 members (excludes halogenated alkanes) is 3. The van der Waals surface area contributed by atoms with E-state index in [1.54, 1.807) is 7.11 Å². The Labute approximate surface area is 119 Å². The average molecular weight is 314 g/mol. The van der Waals surface area contributed by atoms with Gasteiger partial charge < -0.3 is 10.1 Å². The van der Waals surface area contributed by atoms with Crippen molar-refractivity contribution >= 4 is 21.6 Å². The van der Waals surface area contributed by atoms with Crippen LogP contribution in [0.1, 0.15) is 46.0 Å². The highest BCUT2D eigenvalue weighted by molar-refractivity contribution is 9.10. The summed E-state index contributed by atoms with van der Waals surface area (Å²) >= 11 is 3.51. The Kier molecular flexibility index (Phi) is 7.18. The van der Waals surface area contributed by atoms with Crippen LogP contribution in [0.15, 0.2) is 22.7 Å². The summed E-state index contributed by atoms with van der Waals surface area (Å²) in [6.07, 6.45) is 6.52. The van der Waals surface area contributed by atoms with E-state index >= 15 is 0 Å². The number of ether oxygens (including phenoxy) is 1. The Morgan fingerprint density at radius 3 is 2.67 bits per heavy atom. The molecule has 0 heterocycles. The molecule has 3 heteroatoms. The second kappa shape index (κ2) is 8.41. The molecule has 0 aliphatic carbocycles. The van der Waals surface area contributed by atoms with E-state index in [9.17, 15) is 0 Å². The third kappa shape index (κ3) is 5.30. The lowest BCUT2D eigenvalue weighted by atomic mass is 10.1. The highest BCUT2D eigenvalue weighted by Crippen LogP contribution is 2.28. The molecule has 0 saturated heterocycles. The molecule has 0 fully saturated rings. The van der Waals surface area contributed by atoms with Gasteiger partial charge in [0.25, 0.3) is 0 Å². The predicted molar refractivity (Wildman–Crippen MR) is 82.5 cm³/mol. The van der Waals surface area contributed by atoms with Gasteiger partial charge in [-0.3, -0.25) is 0 Å². The van der Waals surface area contributed by atoms with E-state index in [1.807, 2.05) is 6.07 Å². The summed E-state index contributed by atoms with van der Waals surface area (Å²) in [5.41, 5.74) is 1.14. The van der Waals surface area contributed by atoms with Gasteiger partial charge in [0, 0.05) is 11.7 Å². The molecule has 0 spiro atoms. The normalized spacial score (nSPS) is 12.2. The maximum Gasteiger partial charge on any atom is 0.133 e. The topological polar surface area (TPSA) is 21.3 Å². The van der Waals surface area contributed by atoms with Gasteiger partial charge in [0.1, 0.15) is 5.75 Å². The minimum Gasteiger partial charge on any atom is -0.496 e. The summed E-state index contributed by atoms with van der Waals surface area (Å²) in [5, 5.41) is 3.53. The van der Waals surface area contributed by atoms with Crippen LogP contribution in [0.2, 0.25) is 0 Å². The number of hydrogen-bond acceptors (Lipinski definition) is 2. The van der Waals surface area contributed by atoms with Crippen LogP contribution in [0, 0.1) is 0 Å². The minimum atomic E-state index is 0.516. The molecule has 0 aliphatic heterocycles. The summed E-state index contributed by atoms with van der Waals surface area (Å²) in [4.78, 5) is 0. The first kappa shape index (κ1) is 15.4. The highest BCUT2D eigenvalue weighted by atomic mass is 79.9. The molecule has 0 radical (unpaired) electrons. The quantitative estimate of drug-likeness (QED) is 0.664. The van der Waals surface area contributed by atoms with Crippen molar-refractivity contribution in [1.29, 1.82) is 0 Å². The zero-order valence-electron chi connectivity index (χ0n) is 11.6. The van der Waals surface area contributed by atoms with Crippen molar-refractivity contribution in [2.45, 2.75) is 52.0 Å². The molecule has 0 saturated carbocycles. The van der Waals surface area contributed by atoms with E-state index in [2.05, 4.69) is 47.2 Å². The third-order valence-electron chi connectivity index (χ3n) is 3.06. The largest absolute Gasteiger partial charge is 0.496 e. The van der Waals surface area contributed by atoms with Gasteiger partial charge in [-0.2, -0.15) is 0 Å². The number of halogens is 1. The van der Waals surface area contributed by atoms with Gasteiger partial charge in [0.15, 0.2) is 0 Å². The van der Waals surface area contributed by atoms with Crippen molar-refractivity contribution in [3.8, 4) is 5.75 Å². The zero-order valence-corrected chi connectivity index (χ0v) is 13.2. The molecule has 0 bridgehead atoms. The van der Waals surface area contributed by atoms with Gasteiger partial charge in [-0.05, 0) is 47.5 Å². The molecule has 1 N–H and O–H groups in total. The predicted octanol–water partition coefficient (Wildman–Crippen LogP) is 5.23. The monoisotopic (exact) mass is 313 g/mol. The number of benzene rings is 1. The fourth-order valence-electron chi connectivity index (χ4n) is 1.99. The van der Waals surface area contributed by atoms with Crippen molar-refractivity contribution in [2.24, 2.45) is 0 Å². The van der Waals surface area contributed by atoms with Crippen molar-refractivity contribution < 1.29 is 4.74 Å². The van der Waals surface area contributed by atoms with Crippen LogP contribution in [-0.4, -0.2) is 13.2 Å². The molecule has 1 unspecified atom stereocenters. The minimum absolute atomic E-state index is 0.516. The molecule has 1 aromatic carbocycles. The van der Waals surface area contributed by atoms with E-state index in [1.165, 1.54) is 32.1 Å². The molecular weight excluding hydrogens is 290 g/mol. The number of anilines is 1. The Morgan fingerprint density at radius 2 is 2.06 bits per heavy atom. The second-order valence-electron chi connectivity index (χ2n) is 4.74. The first-order chi connectivity index (χ1) is 8.67. The number of rotatable bonds is 8. The van der Waals surface area contributed by atoms with Gasteiger partial charge in [0.2, 0.25) is 0 Å². The molecule has 1 atom stereocenters. The Hall–Kier alpha value is -0.700. The SMILES string of the molecule is CCCCCCC(C)Nc1ccc(OC)c(Br)c1. The van der Waals surface area contributed by atoms with Gasteiger partial charge in [0.05, 0.1) is 11.6 Å². The summed E-state index contributed by atoms with van der Waals surface area (Å²) in [6.45, 7) is 4.49. The molecule has 18 heavy (non-hydrogen) atoms. The van der Waals surface area contributed by atoms with E-state index < -0.39 is 0 Å². The number of nitrogens with one attached hydrogen (secondary N) is 1. The van der Waals surface area contributed by atoms with E-state index in [0.29, 0.717) is 6.04 Å². The first-order valence-corrected chi connectivity index (χ1v) is 7.56. The standard InChI is InChI=1S/C15H24BrNO/c1-4-5-6-7-8-12(2)17-13-9-10-15(18-3)14(16)11-13/h9-12,17H,4-8H2,1-3H3. The maximum absolute atomic E-state index is 5.22. The van der Waals surface area contributed by atoms with Crippen LogP contribution in [0.3, 0.4) is 0 Å². The van der Waals surface area contributed by atoms with Crippen LogP contribution >= 0.6 is 15.9 Å². The summed E-state index contributed by atoms with van der Waals surface area (Å²) in [6, 6.07) is 6.63. The van der Waals surface area contributed by atoms with Gasteiger partial charge in [-0.25, -0.2) is 0 Å². The van der Waals surface area contributed by atoms with Crippen molar-refractivity contribution in [3.05, 3.63) is 22.7 Å². The number of methoxy groups -OCH3 is 1. The van der Waals surface area contributed by atoms with Crippen LogP contribution in [0.5, 0.6) is 5.75 Å². The molecule has 1 aromatic rings. The Bertz CT molecular complexity index is 354. The van der Waals surface area contributed by atoms with Gasteiger partial charge >= 0.3 is 0 Å². The maximum atomic E-state index is 5.22. The molecule has 1 rings (SSSR count). The van der Waals surface area contributed by atoms with E-state index in [0.717, 1.165) is 15.9 Å². The van der Waals surface area contributed by atoms with Crippen molar-refractivity contribution in [2.75, 3.05) is 12.4 Å². The number of hydrogen-bond donors (Lipinski definition) is 1. The van der Waals surface area contributed by atoms with Crippen molar-refractivity contribution in [3.63, 3.8) is 0 Å². The smallest absolute Gasteiger partial charge is 0.133 e.